The number of furan rings is 2. The fourth-order valence-electron chi connectivity index (χ4n) is 8.05. The number of hydrogen-bond acceptors (Lipinski definition) is 2. The molecule has 0 spiro atoms. The van der Waals surface area contributed by atoms with Gasteiger partial charge in [-0.15, -0.1) is 0 Å². The van der Waals surface area contributed by atoms with Gasteiger partial charge in [-0.25, -0.2) is 0 Å². The molecule has 0 atom stereocenters. The molecule has 9 aromatic carbocycles. The number of benzene rings is 9. The smallest absolute Gasteiger partial charge is 0.143 e. The van der Waals surface area contributed by atoms with Gasteiger partial charge in [0.05, 0.1) is 0 Å². The maximum atomic E-state index is 6.48. The molecule has 0 N–H and O–H groups in total. The van der Waals surface area contributed by atoms with Gasteiger partial charge in [-0.05, 0) is 66.7 Å². The molecular formula is C46H26O2. The summed E-state index contributed by atoms with van der Waals surface area (Å²) in [6.07, 6.45) is 0. The summed E-state index contributed by atoms with van der Waals surface area (Å²) in [4.78, 5) is 0. The van der Waals surface area contributed by atoms with Crippen LogP contribution >= 0.6 is 0 Å². The zero-order valence-electron chi connectivity index (χ0n) is 25.8. The van der Waals surface area contributed by atoms with Crippen molar-refractivity contribution in [3.63, 3.8) is 0 Å². The largest absolute Gasteiger partial charge is 0.455 e. The van der Waals surface area contributed by atoms with Gasteiger partial charge in [0.15, 0.2) is 0 Å². The molecule has 48 heavy (non-hydrogen) atoms. The maximum absolute atomic E-state index is 6.48. The van der Waals surface area contributed by atoms with Crippen molar-refractivity contribution in [1.82, 2.24) is 0 Å². The highest BCUT2D eigenvalue weighted by Crippen LogP contribution is 2.45. The van der Waals surface area contributed by atoms with E-state index < -0.39 is 0 Å². The van der Waals surface area contributed by atoms with Gasteiger partial charge in [0.1, 0.15) is 22.3 Å². The lowest BCUT2D eigenvalue weighted by molar-refractivity contribution is 0.669. The van der Waals surface area contributed by atoms with Gasteiger partial charge in [0.25, 0.3) is 0 Å². The Morgan fingerprint density at radius 1 is 0.271 bits per heavy atom. The van der Waals surface area contributed by atoms with Gasteiger partial charge in [-0.3, -0.25) is 0 Å². The van der Waals surface area contributed by atoms with E-state index in [0.717, 1.165) is 60.6 Å². The molecule has 11 rings (SSSR count). The van der Waals surface area contributed by atoms with Crippen LogP contribution in [0.1, 0.15) is 0 Å². The lowest BCUT2D eigenvalue weighted by atomic mass is 9.87. The third-order valence-electron chi connectivity index (χ3n) is 10.3. The second-order valence-corrected chi connectivity index (χ2v) is 12.8. The molecule has 0 fully saturated rings. The van der Waals surface area contributed by atoms with E-state index in [-0.39, 0.29) is 0 Å². The summed E-state index contributed by atoms with van der Waals surface area (Å²) in [5.41, 5.74) is 10.7. The molecule has 11 aromatic rings. The van der Waals surface area contributed by atoms with Crippen molar-refractivity contribution < 1.29 is 8.83 Å². The summed E-state index contributed by atoms with van der Waals surface area (Å²) < 4.78 is 12.8. The van der Waals surface area contributed by atoms with Crippen LogP contribution in [-0.2, 0) is 0 Å². The zero-order valence-corrected chi connectivity index (χ0v) is 25.8. The van der Waals surface area contributed by atoms with Gasteiger partial charge < -0.3 is 8.83 Å². The van der Waals surface area contributed by atoms with Gasteiger partial charge >= 0.3 is 0 Å². The van der Waals surface area contributed by atoms with Crippen molar-refractivity contribution in [3.8, 4) is 33.4 Å². The lowest BCUT2D eigenvalue weighted by Gasteiger charge is -2.17. The fraction of sp³-hybridized carbons (Fsp3) is 0. The third-order valence-corrected chi connectivity index (χ3v) is 10.3. The highest BCUT2D eigenvalue weighted by Gasteiger charge is 2.18. The van der Waals surface area contributed by atoms with E-state index in [0.29, 0.717) is 0 Å². The zero-order chi connectivity index (χ0) is 31.3. The number of hydrogen-bond donors (Lipinski definition) is 0. The van der Waals surface area contributed by atoms with Crippen molar-refractivity contribution in [2.75, 3.05) is 0 Å². The average molecular weight is 611 g/mol. The summed E-state index contributed by atoms with van der Waals surface area (Å²) >= 11 is 0. The highest BCUT2D eigenvalue weighted by atomic mass is 16.3. The third kappa shape index (κ3) is 3.52. The first-order valence-corrected chi connectivity index (χ1v) is 16.4. The summed E-state index contributed by atoms with van der Waals surface area (Å²) in [5, 5.41) is 12.2. The minimum absolute atomic E-state index is 0.919. The quantitative estimate of drug-likeness (QED) is 0.186. The van der Waals surface area contributed by atoms with Crippen molar-refractivity contribution in [1.29, 1.82) is 0 Å². The number of para-hydroxylation sites is 4. The minimum atomic E-state index is 0.919. The van der Waals surface area contributed by atoms with E-state index in [9.17, 15) is 0 Å². The lowest BCUT2D eigenvalue weighted by Crippen LogP contribution is -1.90. The van der Waals surface area contributed by atoms with Crippen LogP contribution < -0.4 is 0 Å². The second kappa shape index (κ2) is 9.57. The molecule has 2 aromatic heterocycles. The summed E-state index contributed by atoms with van der Waals surface area (Å²) in [5.74, 6) is 0. The Labute approximate surface area is 275 Å². The molecule has 0 amide bonds. The van der Waals surface area contributed by atoms with Crippen molar-refractivity contribution in [2.45, 2.75) is 0 Å². The molecule has 0 radical (unpaired) electrons. The van der Waals surface area contributed by atoms with Gasteiger partial charge in [-0.1, -0.05) is 146 Å². The Morgan fingerprint density at radius 2 is 0.729 bits per heavy atom. The summed E-state index contributed by atoms with van der Waals surface area (Å²) in [6.45, 7) is 0. The molecule has 0 aliphatic carbocycles. The molecule has 2 heteroatoms. The molecular weight excluding hydrogens is 585 g/mol. The first-order chi connectivity index (χ1) is 23.8. The first kappa shape index (κ1) is 25.8. The van der Waals surface area contributed by atoms with Crippen molar-refractivity contribution in [2.24, 2.45) is 0 Å². The monoisotopic (exact) mass is 610 g/mol. The van der Waals surface area contributed by atoms with E-state index in [4.69, 9.17) is 8.83 Å². The van der Waals surface area contributed by atoms with Gasteiger partial charge in [0.2, 0.25) is 0 Å². The topological polar surface area (TPSA) is 26.3 Å². The maximum Gasteiger partial charge on any atom is 0.143 e. The van der Waals surface area contributed by atoms with Gasteiger partial charge in [0, 0.05) is 32.7 Å². The van der Waals surface area contributed by atoms with E-state index >= 15 is 0 Å². The molecule has 222 valence electrons. The number of rotatable bonds is 3. The SMILES string of the molecule is c1ccc2c(c1)oc1c(-c3ccc(-c4ccc5ccc6c(-c7cccc8c7oc7ccccc78)ccc7ccc4c5c76)cc3)cccc12. The van der Waals surface area contributed by atoms with Gasteiger partial charge in [-0.2, -0.15) is 0 Å². The van der Waals surface area contributed by atoms with Crippen LogP contribution in [0.2, 0.25) is 0 Å². The van der Waals surface area contributed by atoms with Crippen LogP contribution in [0.3, 0.4) is 0 Å². The predicted molar refractivity (Wildman–Crippen MR) is 201 cm³/mol. The van der Waals surface area contributed by atoms with E-state index in [1.165, 1.54) is 49.0 Å². The van der Waals surface area contributed by atoms with Crippen molar-refractivity contribution in [3.05, 3.63) is 158 Å². The van der Waals surface area contributed by atoms with E-state index in [1.807, 2.05) is 18.2 Å². The Balaban J connectivity index is 1.08. The Morgan fingerprint density at radius 3 is 1.35 bits per heavy atom. The van der Waals surface area contributed by atoms with Crippen LogP contribution in [0.4, 0.5) is 0 Å². The predicted octanol–water partition coefficient (Wildman–Crippen LogP) is 13.4. The molecule has 2 nitrogen and oxygen atoms in total. The Bertz CT molecular complexity index is 3050. The van der Waals surface area contributed by atoms with Crippen LogP contribution in [0, 0.1) is 0 Å². The Hall–Kier alpha value is -6.38. The molecule has 0 aliphatic rings. The molecule has 2 heterocycles. The minimum Gasteiger partial charge on any atom is -0.455 e. The van der Waals surface area contributed by atoms with Crippen LogP contribution in [0.25, 0.3) is 110 Å². The van der Waals surface area contributed by atoms with E-state index in [2.05, 4.69) is 140 Å². The summed E-state index contributed by atoms with van der Waals surface area (Å²) in [6, 6.07) is 56.6. The first-order valence-electron chi connectivity index (χ1n) is 16.4. The van der Waals surface area contributed by atoms with E-state index in [1.54, 1.807) is 0 Å². The Kier molecular flexibility index (Phi) is 5.14. The molecule has 0 aliphatic heterocycles. The molecule has 0 saturated carbocycles. The molecule has 0 saturated heterocycles. The van der Waals surface area contributed by atoms with Crippen LogP contribution in [0.15, 0.2) is 167 Å². The average Bonchev–Trinajstić information content (AvgIpc) is 3.73. The normalized spacial score (nSPS) is 12.2. The highest BCUT2D eigenvalue weighted by molar-refractivity contribution is 6.28. The summed E-state index contributed by atoms with van der Waals surface area (Å²) in [7, 11) is 0. The van der Waals surface area contributed by atoms with Crippen LogP contribution in [0.5, 0.6) is 0 Å². The van der Waals surface area contributed by atoms with Crippen LogP contribution in [-0.4, -0.2) is 0 Å². The standard InChI is InChI=1S/C46H26O2/c1-3-13-41-34(7-1)39-11-5-9-32(45(39)47-41)28-17-15-27(16-18-28)31-23-19-29-22-26-37-33(24-20-30-21-25-36(31)43(29)44(30)37)38-10-6-12-40-35-8-2-4-14-42(35)48-46(38)40/h1-26H. The number of fused-ring (bicyclic) bond motifs is 6. The molecule has 0 unspecified atom stereocenters. The fourth-order valence-corrected chi connectivity index (χ4v) is 8.05. The van der Waals surface area contributed by atoms with Crippen molar-refractivity contribution >= 4 is 76.2 Å². The second-order valence-electron chi connectivity index (χ2n) is 12.8. The molecule has 0 bridgehead atoms.